The number of carboxylic acids is 1. The van der Waals surface area contributed by atoms with Gasteiger partial charge in [-0.2, -0.15) is 0 Å². The summed E-state index contributed by atoms with van der Waals surface area (Å²) in [6.07, 6.45) is 3.20. The van der Waals surface area contributed by atoms with E-state index in [0.717, 1.165) is 0 Å². The van der Waals surface area contributed by atoms with Crippen molar-refractivity contribution in [2.45, 2.75) is 130 Å². The predicted octanol–water partition coefficient (Wildman–Crippen LogP) is 2.22. The minimum absolute atomic E-state index is 0.00180. The van der Waals surface area contributed by atoms with Crippen LogP contribution >= 0.6 is 0 Å². The Morgan fingerprint density at radius 3 is 2.10 bits per heavy atom. The molecule has 14 heteroatoms. The lowest BCUT2D eigenvalue weighted by molar-refractivity contribution is -0.143. The average Bonchev–Trinajstić information content (AvgIpc) is 3.56. The lowest BCUT2D eigenvalue weighted by Crippen LogP contribution is -2.60. The fraction of sp³-hybridized carbons (Fsp3) is 0.676. The molecule has 1 aromatic rings. The van der Waals surface area contributed by atoms with E-state index in [1.54, 1.807) is 39.8 Å². The number of carboxylic acid groups (broad SMARTS) is 1. The summed E-state index contributed by atoms with van der Waals surface area (Å²) in [7, 11) is 0. The summed E-state index contributed by atoms with van der Waals surface area (Å²) in [6, 6.07) is 0.939. The Morgan fingerprint density at radius 1 is 0.902 bits per heavy atom. The van der Waals surface area contributed by atoms with E-state index in [1.165, 1.54) is 17.0 Å². The number of nitrogens with two attached hydrogens (primary N) is 1. The number of benzene rings is 1. The summed E-state index contributed by atoms with van der Waals surface area (Å²) in [5.74, 6) is -4.10. The number of amides is 5. The normalized spacial score (nSPS) is 17.5. The number of carbonyl (C=O) groups excluding carboxylic acids is 5. The van der Waals surface area contributed by atoms with Crippen LogP contribution in [0.25, 0.3) is 0 Å². The number of unbranched alkanes of at least 4 members (excludes halogenated alkanes) is 1. The second-order valence-corrected chi connectivity index (χ2v) is 15.1. The number of carbonyl (C=O) groups is 6. The van der Waals surface area contributed by atoms with Crippen molar-refractivity contribution in [2.24, 2.45) is 23.0 Å². The molecule has 0 bridgehead atoms. The maximum Gasteiger partial charge on any atom is 0.326 e. The van der Waals surface area contributed by atoms with Crippen LogP contribution in [0.4, 0.5) is 0 Å². The molecule has 0 aliphatic carbocycles. The number of nitrogens with zero attached hydrogens (tertiary/aromatic N) is 1. The van der Waals surface area contributed by atoms with Crippen LogP contribution in [0, 0.1) is 17.3 Å². The maximum atomic E-state index is 14.0. The molecule has 6 atom stereocenters. The quantitative estimate of drug-likeness (QED) is 0.104. The SMILES string of the molecule is CC[C@@H](C)[C@H](NC(=O)[C@H](Cc1ccc(O)cc1)NC(=O)[C@@H]1CCCN1C(=O)[C@H](CCCCN)NC(=O)C(C)(C)C)C(=O)N[C@@H](CC(C)C)C(=O)O. The van der Waals surface area contributed by atoms with Gasteiger partial charge in [0, 0.05) is 18.4 Å². The summed E-state index contributed by atoms with van der Waals surface area (Å²) in [5.41, 5.74) is 5.55. The fourth-order valence-corrected chi connectivity index (χ4v) is 5.88. The van der Waals surface area contributed by atoms with Gasteiger partial charge >= 0.3 is 5.97 Å². The number of phenolic OH excluding ortho intramolecular Hbond substituents is 1. The van der Waals surface area contributed by atoms with E-state index in [0.29, 0.717) is 57.2 Å². The monoisotopic (exact) mass is 716 g/mol. The van der Waals surface area contributed by atoms with Crippen LogP contribution in [-0.2, 0) is 35.2 Å². The van der Waals surface area contributed by atoms with Gasteiger partial charge in [0.05, 0.1) is 0 Å². The van der Waals surface area contributed by atoms with Crippen LogP contribution < -0.4 is 27.0 Å². The van der Waals surface area contributed by atoms with Crippen LogP contribution in [0.15, 0.2) is 24.3 Å². The van der Waals surface area contributed by atoms with Gasteiger partial charge in [-0.3, -0.25) is 24.0 Å². The number of phenols is 1. The van der Waals surface area contributed by atoms with Gasteiger partial charge in [-0.25, -0.2) is 4.79 Å². The van der Waals surface area contributed by atoms with Gasteiger partial charge in [-0.05, 0) is 74.6 Å². The van der Waals surface area contributed by atoms with Crippen LogP contribution in [0.2, 0.25) is 0 Å². The van der Waals surface area contributed by atoms with Crippen molar-refractivity contribution < 1.29 is 39.0 Å². The molecule has 51 heavy (non-hydrogen) atoms. The molecule has 0 radical (unpaired) electrons. The smallest absolute Gasteiger partial charge is 0.326 e. The molecule has 1 aliphatic rings. The van der Waals surface area contributed by atoms with E-state index >= 15 is 0 Å². The van der Waals surface area contributed by atoms with Crippen molar-refractivity contribution in [3.8, 4) is 5.75 Å². The zero-order valence-electron chi connectivity index (χ0n) is 31.3. The number of hydrogen-bond donors (Lipinski definition) is 7. The minimum atomic E-state index is -1.19. The summed E-state index contributed by atoms with van der Waals surface area (Å²) in [5, 5.41) is 30.5. The Morgan fingerprint density at radius 2 is 1.55 bits per heavy atom. The van der Waals surface area contributed by atoms with Crippen molar-refractivity contribution in [1.29, 1.82) is 0 Å². The lowest BCUT2D eigenvalue weighted by Gasteiger charge is -2.32. The largest absolute Gasteiger partial charge is 0.508 e. The number of aromatic hydroxyl groups is 1. The molecule has 8 N–H and O–H groups in total. The zero-order valence-corrected chi connectivity index (χ0v) is 31.3. The Hall–Kier alpha value is -4.20. The van der Waals surface area contributed by atoms with Crippen LogP contribution in [0.1, 0.15) is 99.0 Å². The molecule has 2 rings (SSSR count). The molecule has 1 heterocycles. The highest BCUT2D eigenvalue weighted by atomic mass is 16.4. The van der Waals surface area contributed by atoms with E-state index in [1.807, 2.05) is 20.8 Å². The van der Waals surface area contributed by atoms with Gasteiger partial charge < -0.3 is 42.1 Å². The second kappa shape index (κ2) is 20.0. The third-order valence-corrected chi connectivity index (χ3v) is 9.19. The molecule has 14 nitrogen and oxygen atoms in total. The Kier molecular flexibility index (Phi) is 16.8. The van der Waals surface area contributed by atoms with Crippen LogP contribution in [0.3, 0.4) is 0 Å². The predicted molar refractivity (Wildman–Crippen MR) is 193 cm³/mol. The Labute approximate surface area is 302 Å². The molecule has 1 saturated heterocycles. The third-order valence-electron chi connectivity index (χ3n) is 9.19. The average molecular weight is 717 g/mol. The summed E-state index contributed by atoms with van der Waals surface area (Å²) < 4.78 is 0. The molecular formula is C37H60N6O8. The van der Waals surface area contributed by atoms with Crippen molar-refractivity contribution in [3.05, 3.63) is 29.8 Å². The highest BCUT2D eigenvalue weighted by Gasteiger charge is 2.40. The molecule has 5 amide bonds. The number of aliphatic carboxylic acids is 1. The number of nitrogens with one attached hydrogen (secondary N) is 4. The van der Waals surface area contributed by atoms with Gasteiger partial charge in [0.2, 0.25) is 29.5 Å². The minimum Gasteiger partial charge on any atom is -0.508 e. The topological polar surface area (TPSA) is 220 Å². The molecule has 1 fully saturated rings. The number of hydrogen-bond acceptors (Lipinski definition) is 8. The van der Waals surface area contributed by atoms with Gasteiger partial charge in [-0.15, -0.1) is 0 Å². The van der Waals surface area contributed by atoms with Crippen molar-refractivity contribution in [3.63, 3.8) is 0 Å². The first-order valence-electron chi connectivity index (χ1n) is 18.1. The van der Waals surface area contributed by atoms with Crippen LogP contribution in [0.5, 0.6) is 5.75 Å². The third kappa shape index (κ3) is 13.5. The maximum absolute atomic E-state index is 14.0. The van der Waals surface area contributed by atoms with Crippen molar-refractivity contribution in [2.75, 3.05) is 13.1 Å². The zero-order chi connectivity index (χ0) is 38.5. The highest BCUT2D eigenvalue weighted by Crippen LogP contribution is 2.22. The molecule has 1 aromatic carbocycles. The molecule has 0 aromatic heterocycles. The van der Waals surface area contributed by atoms with E-state index in [4.69, 9.17) is 5.73 Å². The number of likely N-dealkylation sites (tertiary alicyclic amines) is 1. The van der Waals surface area contributed by atoms with Crippen molar-refractivity contribution >= 4 is 35.5 Å². The first-order chi connectivity index (χ1) is 23.9. The molecule has 0 saturated carbocycles. The van der Waals surface area contributed by atoms with Gasteiger partial charge in [0.25, 0.3) is 0 Å². The molecule has 286 valence electrons. The summed E-state index contributed by atoms with van der Waals surface area (Å²) in [6.45, 7) is 13.3. The van der Waals surface area contributed by atoms with E-state index < -0.39 is 59.3 Å². The molecule has 1 aliphatic heterocycles. The molecular weight excluding hydrogens is 656 g/mol. The van der Waals surface area contributed by atoms with Crippen LogP contribution in [-0.4, -0.2) is 93.9 Å². The van der Waals surface area contributed by atoms with Crippen molar-refractivity contribution in [1.82, 2.24) is 26.2 Å². The lowest BCUT2D eigenvalue weighted by atomic mass is 9.94. The van der Waals surface area contributed by atoms with E-state index in [-0.39, 0.29) is 42.2 Å². The first-order valence-corrected chi connectivity index (χ1v) is 18.1. The Bertz CT molecular complexity index is 1350. The first kappa shape index (κ1) is 43.0. The second-order valence-electron chi connectivity index (χ2n) is 15.1. The van der Waals surface area contributed by atoms with Gasteiger partial charge in [0.1, 0.15) is 36.0 Å². The van der Waals surface area contributed by atoms with Gasteiger partial charge in [-0.1, -0.05) is 67.0 Å². The van der Waals surface area contributed by atoms with E-state index in [2.05, 4.69) is 21.3 Å². The fourth-order valence-electron chi connectivity index (χ4n) is 5.88. The van der Waals surface area contributed by atoms with E-state index in [9.17, 15) is 39.0 Å². The summed E-state index contributed by atoms with van der Waals surface area (Å²) >= 11 is 0. The van der Waals surface area contributed by atoms with Gasteiger partial charge in [0.15, 0.2) is 0 Å². The standard InChI is InChI=1S/C37H60N6O8/c1-8-23(4)30(33(47)40-28(35(49)50)20-22(2)3)42-31(45)27(21-24-14-16-25(44)17-15-24)39-32(46)29-13-11-19-43(29)34(48)26(12-9-10-18-38)41-36(51)37(5,6)7/h14-17,22-23,26-30,44H,8-13,18-21,38H2,1-7H3,(H,39,46)(H,40,47)(H,41,51)(H,42,45)(H,49,50)/t23-,26+,27+,28+,29+,30+/m1/s1. The number of rotatable bonds is 19. The molecule has 0 spiro atoms. The highest BCUT2D eigenvalue weighted by molar-refractivity contribution is 5.96. The molecule has 0 unspecified atom stereocenters. The Balaban J connectivity index is 2.36. The summed E-state index contributed by atoms with van der Waals surface area (Å²) in [4.78, 5) is 81.5.